The van der Waals surface area contributed by atoms with Crippen molar-refractivity contribution in [1.29, 1.82) is 0 Å². The summed E-state index contributed by atoms with van der Waals surface area (Å²) in [6.45, 7) is 4.88. The summed E-state index contributed by atoms with van der Waals surface area (Å²) in [7, 11) is 1.96. The fourth-order valence-electron chi connectivity index (χ4n) is 5.36. The largest absolute Gasteiger partial charge is 0.444 e. The number of aromatic amines is 1. The van der Waals surface area contributed by atoms with Gasteiger partial charge in [0.05, 0.1) is 34.4 Å². The Morgan fingerprint density at radius 3 is 2.40 bits per heavy atom. The maximum Gasteiger partial charge on any atom is 0.417 e. The van der Waals surface area contributed by atoms with E-state index in [0.29, 0.717) is 25.4 Å². The van der Waals surface area contributed by atoms with Crippen molar-refractivity contribution in [2.45, 2.75) is 38.7 Å². The first-order valence-electron chi connectivity index (χ1n) is 14.6. The molecule has 0 spiro atoms. The molecular formula is C33H32F4N6O4. The number of piperazine rings is 1. The van der Waals surface area contributed by atoms with Crippen LogP contribution in [0.1, 0.15) is 35.3 Å². The van der Waals surface area contributed by atoms with Crippen molar-refractivity contribution >= 4 is 29.1 Å². The molecule has 10 nitrogen and oxygen atoms in total. The molecule has 0 bridgehead atoms. The molecular weight excluding hydrogens is 620 g/mol. The van der Waals surface area contributed by atoms with Crippen LogP contribution in [0.25, 0.3) is 11.1 Å². The van der Waals surface area contributed by atoms with Crippen molar-refractivity contribution in [3.8, 4) is 11.1 Å². The molecule has 2 atom stereocenters. The van der Waals surface area contributed by atoms with E-state index >= 15 is 4.39 Å². The van der Waals surface area contributed by atoms with Crippen LogP contribution in [-0.4, -0.2) is 59.1 Å². The second-order valence-corrected chi connectivity index (χ2v) is 11.3. The molecule has 0 radical (unpaired) electrons. The number of carbonyl (C=O) groups excluding carboxylic acids is 2. The number of hydrogen-bond acceptors (Lipinski definition) is 7. The Morgan fingerprint density at radius 2 is 1.72 bits per heavy atom. The lowest BCUT2D eigenvalue weighted by atomic mass is 10.0. The summed E-state index contributed by atoms with van der Waals surface area (Å²) >= 11 is 0. The Labute approximate surface area is 267 Å². The Bertz CT molecular complexity index is 1820. The van der Waals surface area contributed by atoms with Crippen molar-refractivity contribution in [3.05, 3.63) is 106 Å². The SMILES string of the molecule is CC1CN(c2cc(F)c(-c3cncc(NC(=O)OCc4ccccc4)c3)cc2NC(=O)c2c[nH]c(=O)cc2C(F)(F)F)CC(C)N1C. The van der Waals surface area contributed by atoms with Crippen LogP contribution in [0, 0.1) is 5.82 Å². The van der Waals surface area contributed by atoms with Gasteiger partial charge in [-0.25, -0.2) is 9.18 Å². The molecule has 2 amide bonds. The third-order valence-electron chi connectivity index (χ3n) is 8.02. The molecule has 1 fully saturated rings. The molecule has 47 heavy (non-hydrogen) atoms. The number of ether oxygens (including phenoxy) is 1. The Kier molecular flexibility index (Phi) is 9.61. The van der Waals surface area contributed by atoms with Crippen molar-refractivity contribution in [2.24, 2.45) is 0 Å². The van der Waals surface area contributed by atoms with Gasteiger partial charge < -0.3 is 19.9 Å². The van der Waals surface area contributed by atoms with E-state index in [9.17, 15) is 27.6 Å². The summed E-state index contributed by atoms with van der Waals surface area (Å²) in [5.41, 5.74) is -1.80. The van der Waals surface area contributed by atoms with E-state index in [0.717, 1.165) is 5.56 Å². The van der Waals surface area contributed by atoms with Gasteiger partial charge in [-0.2, -0.15) is 13.2 Å². The zero-order chi connectivity index (χ0) is 33.9. The lowest BCUT2D eigenvalue weighted by Gasteiger charge is -2.44. The predicted molar refractivity (Wildman–Crippen MR) is 169 cm³/mol. The normalized spacial score (nSPS) is 16.9. The molecule has 2 unspecified atom stereocenters. The van der Waals surface area contributed by atoms with Gasteiger partial charge in [-0.3, -0.25) is 24.8 Å². The van der Waals surface area contributed by atoms with Crippen molar-refractivity contribution in [3.63, 3.8) is 0 Å². The highest BCUT2D eigenvalue weighted by atomic mass is 19.4. The summed E-state index contributed by atoms with van der Waals surface area (Å²) in [4.78, 5) is 47.7. The number of benzene rings is 2. The number of nitrogens with one attached hydrogen (secondary N) is 3. The smallest absolute Gasteiger partial charge is 0.417 e. The standard InChI is InChI=1S/C33H32F4N6O4/c1-19-16-43(17-20(2)42(19)3)29-12-27(34)24(10-28(29)41-31(45)25-15-39-30(44)11-26(25)33(35,36)37)22-9-23(14-38-13-22)40-32(46)47-18-21-7-5-4-6-8-21/h4-15,19-20H,16-18H2,1-3H3,(H,39,44)(H,40,46)(H,41,45). The number of anilines is 3. The highest BCUT2D eigenvalue weighted by Crippen LogP contribution is 2.37. The third-order valence-corrected chi connectivity index (χ3v) is 8.02. The Morgan fingerprint density at radius 1 is 1.02 bits per heavy atom. The molecule has 246 valence electrons. The number of likely N-dealkylation sites (N-methyl/N-ethyl adjacent to an activating group) is 1. The average molecular weight is 653 g/mol. The summed E-state index contributed by atoms with van der Waals surface area (Å²) in [5.74, 6) is -1.85. The molecule has 1 aliphatic rings. The molecule has 2 aromatic heterocycles. The molecule has 0 saturated carbocycles. The number of amides is 2. The quantitative estimate of drug-likeness (QED) is 0.206. The lowest BCUT2D eigenvalue weighted by molar-refractivity contribution is -0.138. The van der Waals surface area contributed by atoms with E-state index in [4.69, 9.17) is 4.74 Å². The third kappa shape index (κ3) is 7.77. The molecule has 14 heteroatoms. The van der Waals surface area contributed by atoms with Crippen LogP contribution in [0.5, 0.6) is 0 Å². The molecule has 1 saturated heterocycles. The van der Waals surface area contributed by atoms with Crippen LogP contribution < -0.4 is 21.1 Å². The first kappa shape index (κ1) is 33.1. The fraction of sp³-hybridized carbons (Fsp3) is 0.273. The minimum absolute atomic E-state index is 0.0216. The maximum absolute atomic E-state index is 15.9. The van der Waals surface area contributed by atoms with E-state index in [1.165, 1.54) is 30.6 Å². The number of alkyl halides is 3. The van der Waals surface area contributed by atoms with Gasteiger partial charge in [0.1, 0.15) is 12.4 Å². The van der Waals surface area contributed by atoms with Crippen LogP contribution in [-0.2, 0) is 17.5 Å². The number of nitrogens with zero attached hydrogens (tertiary/aromatic N) is 3. The molecule has 5 rings (SSSR count). The number of halogens is 4. The minimum Gasteiger partial charge on any atom is -0.444 e. The van der Waals surface area contributed by atoms with Gasteiger partial charge in [-0.05, 0) is 44.7 Å². The zero-order valence-corrected chi connectivity index (χ0v) is 25.7. The second-order valence-electron chi connectivity index (χ2n) is 11.3. The highest BCUT2D eigenvalue weighted by molar-refractivity contribution is 6.07. The first-order valence-corrected chi connectivity index (χ1v) is 14.6. The number of rotatable bonds is 7. The second kappa shape index (κ2) is 13.6. The van der Waals surface area contributed by atoms with Crippen LogP contribution in [0.2, 0.25) is 0 Å². The summed E-state index contributed by atoms with van der Waals surface area (Å²) in [5, 5.41) is 5.07. The van der Waals surface area contributed by atoms with Crippen LogP contribution >= 0.6 is 0 Å². The van der Waals surface area contributed by atoms with Gasteiger partial charge in [-0.15, -0.1) is 0 Å². The number of pyridine rings is 2. The summed E-state index contributed by atoms with van der Waals surface area (Å²) in [6, 6.07) is 13.4. The molecule has 2 aromatic carbocycles. The Hall–Kier alpha value is -5.24. The van der Waals surface area contributed by atoms with Crippen LogP contribution in [0.15, 0.2) is 78.0 Å². The summed E-state index contributed by atoms with van der Waals surface area (Å²) in [6.07, 6.45) is -2.38. The fourth-order valence-corrected chi connectivity index (χ4v) is 5.36. The molecule has 3 N–H and O–H groups in total. The number of hydrogen-bond donors (Lipinski definition) is 3. The predicted octanol–water partition coefficient (Wildman–Crippen LogP) is 6.12. The number of H-pyrrole nitrogens is 1. The Balaban J connectivity index is 1.49. The van der Waals surface area contributed by atoms with E-state index in [1.54, 1.807) is 24.3 Å². The van der Waals surface area contributed by atoms with Crippen molar-refractivity contribution in [2.75, 3.05) is 35.7 Å². The first-order chi connectivity index (χ1) is 22.3. The van der Waals surface area contributed by atoms with Gasteiger partial charge in [0.25, 0.3) is 5.91 Å². The molecule has 3 heterocycles. The summed E-state index contributed by atoms with van der Waals surface area (Å²) < 4.78 is 62.5. The topological polar surface area (TPSA) is 120 Å². The zero-order valence-electron chi connectivity index (χ0n) is 25.7. The van der Waals surface area contributed by atoms with E-state index in [1.807, 2.05) is 31.9 Å². The lowest BCUT2D eigenvalue weighted by Crippen LogP contribution is -2.55. The maximum atomic E-state index is 15.9. The van der Waals surface area contributed by atoms with Crippen LogP contribution in [0.4, 0.5) is 39.4 Å². The van der Waals surface area contributed by atoms with Gasteiger partial charge in [0.2, 0.25) is 5.56 Å². The van der Waals surface area contributed by atoms with Gasteiger partial charge >= 0.3 is 12.3 Å². The van der Waals surface area contributed by atoms with Crippen molar-refractivity contribution < 1.29 is 31.9 Å². The molecule has 1 aliphatic heterocycles. The number of carbonyl (C=O) groups is 2. The average Bonchev–Trinajstić information content (AvgIpc) is 3.03. The van der Waals surface area contributed by atoms with E-state index in [2.05, 4.69) is 25.5 Å². The molecule has 4 aromatic rings. The van der Waals surface area contributed by atoms with E-state index in [-0.39, 0.29) is 46.9 Å². The van der Waals surface area contributed by atoms with Crippen molar-refractivity contribution in [1.82, 2.24) is 14.9 Å². The highest BCUT2D eigenvalue weighted by Gasteiger charge is 2.36. The van der Waals surface area contributed by atoms with E-state index < -0.39 is 40.7 Å². The number of aromatic nitrogens is 2. The minimum atomic E-state index is -4.98. The van der Waals surface area contributed by atoms with Gasteiger partial charge in [0.15, 0.2) is 0 Å². The van der Waals surface area contributed by atoms with Crippen LogP contribution in [0.3, 0.4) is 0 Å². The van der Waals surface area contributed by atoms with Gasteiger partial charge in [-0.1, -0.05) is 30.3 Å². The molecule has 0 aliphatic carbocycles. The monoisotopic (exact) mass is 652 g/mol. The van der Waals surface area contributed by atoms with Gasteiger partial charge in [0, 0.05) is 54.8 Å².